The van der Waals surface area contributed by atoms with Crippen LogP contribution in [0, 0.1) is 0 Å². The van der Waals surface area contributed by atoms with Crippen molar-refractivity contribution < 1.29 is 9.53 Å². The highest BCUT2D eigenvalue weighted by atomic mass is 32.1. The van der Waals surface area contributed by atoms with Crippen LogP contribution in [0.3, 0.4) is 0 Å². The SMILES string of the molecule is O=C(C=Cc1cccs1)NCCOc1ccc(CN2CCCCC2c2cccnc2)cc1. The number of aromatic nitrogens is 1. The smallest absolute Gasteiger partial charge is 0.244 e. The quantitative estimate of drug-likeness (QED) is 0.367. The molecule has 1 aliphatic rings. The van der Waals surface area contributed by atoms with Crippen LogP contribution in [0.15, 0.2) is 72.4 Å². The predicted molar refractivity (Wildman–Crippen MR) is 130 cm³/mol. The molecule has 1 saturated heterocycles. The molecule has 0 saturated carbocycles. The molecule has 1 aliphatic heterocycles. The van der Waals surface area contributed by atoms with E-state index < -0.39 is 0 Å². The number of benzene rings is 1. The van der Waals surface area contributed by atoms with Crippen LogP contribution in [0.5, 0.6) is 5.75 Å². The van der Waals surface area contributed by atoms with Gasteiger partial charge in [-0.05, 0) is 66.2 Å². The van der Waals surface area contributed by atoms with Gasteiger partial charge in [0.25, 0.3) is 0 Å². The number of thiophene rings is 1. The number of hydrogen-bond acceptors (Lipinski definition) is 5. The zero-order chi connectivity index (χ0) is 22.0. The van der Waals surface area contributed by atoms with Gasteiger partial charge in [-0.25, -0.2) is 0 Å². The molecular formula is C26H29N3O2S. The fraction of sp³-hybridized carbons (Fsp3) is 0.308. The van der Waals surface area contributed by atoms with Crippen LogP contribution in [0.2, 0.25) is 0 Å². The van der Waals surface area contributed by atoms with Gasteiger partial charge in [0.05, 0.1) is 6.54 Å². The summed E-state index contributed by atoms with van der Waals surface area (Å²) in [5, 5.41) is 4.83. The van der Waals surface area contributed by atoms with Crippen LogP contribution < -0.4 is 10.1 Å². The topological polar surface area (TPSA) is 54.5 Å². The van der Waals surface area contributed by atoms with Crippen molar-refractivity contribution >= 4 is 23.3 Å². The molecule has 1 atom stereocenters. The number of piperidine rings is 1. The standard InChI is InChI=1S/C26H29N3O2S/c30-26(13-12-24-6-4-18-32-24)28-15-17-31-23-10-8-21(9-11-23)20-29-16-2-1-7-25(29)22-5-3-14-27-19-22/h3-6,8-14,18-19,25H,1-2,7,15-17,20H2,(H,28,30). The number of hydrogen-bond donors (Lipinski definition) is 1. The van der Waals surface area contributed by atoms with Gasteiger partial charge in [0.2, 0.25) is 5.91 Å². The Labute approximate surface area is 193 Å². The van der Waals surface area contributed by atoms with E-state index in [1.807, 2.05) is 54.2 Å². The van der Waals surface area contributed by atoms with Crippen molar-refractivity contribution in [2.24, 2.45) is 0 Å². The summed E-state index contributed by atoms with van der Waals surface area (Å²) in [5.74, 6) is 0.710. The number of ether oxygens (including phenoxy) is 1. The predicted octanol–water partition coefficient (Wildman–Crippen LogP) is 5.08. The molecule has 1 N–H and O–H groups in total. The largest absolute Gasteiger partial charge is 0.492 e. The number of nitrogens with zero attached hydrogens (tertiary/aromatic N) is 2. The highest BCUT2D eigenvalue weighted by Gasteiger charge is 2.24. The third-order valence-electron chi connectivity index (χ3n) is 5.60. The van der Waals surface area contributed by atoms with Crippen LogP contribution in [0.25, 0.3) is 6.08 Å². The molecule has 1 aromatic carbocycles. The molecule has 6 heteroatoms. The number of carbonyl (C=O) groups is 1. The second-order valence-corrected chi connectivity index (χ2v) is 8.88. The Kier molecular flexibility index (Phi) is 8.06. The van der Waals surface area contributed by atoms with Gasteiger partial charge in [-0.15, -0.1) is 11.3 Å². The maximum Gasteiger partial charge on any atom is 0.244 e. The first-order valence-electron chi connectivity index (χ1n) is 11.1. The van der Waals surface area contributed by atoms with Gasteiger partial charge in [0.1, 0.15) is 12.4 Å². The number of amides is 1. The summed E-state index contributed by atoms with van der Waals surface area (Å²) in [7, 11) is 0. The lowest BCUT2D eigenvalue weighted by Gasteiger charge is -2.36. The normalized spacial score (nSPS) is 16.8. The van der Waals surface area contributed by atoms with Crippen molar-refractivity contribution in [3.8, 4) is 5.75 Å². The number of pyridine rings is 1. The van der Waals surface area contributed by atoms with Crippen molar-refractivity contribution in [3.63, 3.8) is 0 Å². The van der Waals surface area contributed by atoms with Crippen molar-refractivity contribution in [3.05, 3.63) is 88.4 Å². The lowest BCUT2D eigenvalue weighted by molar-refractivity contribution is -0.116. The fourth-order valence-electron chi connectivity index (χ4n) is 4.00. The van der Waals surface area contributed by atoms with Gasteiger partial charge < -0.3 is 10.1 Å². The first kappa shape index (κ1) is 22.2. The van der Waals surface area contributed by atoms with Crippen LogP contribution in [-0.4, -0.2) is 35.5 Å². The molecule has 3 aromatic rings. The molecule has 4 rings (SSSR count). The number of likely N-dealkylation sites (tertiary alicyclic amines) is 1. The molecule has 0 bridgehead atoms. The molecule has 32 heavy (non-hydrogen) atoms. The summed E-state index contributed by atoms with van der Waals surface area (Å²) in [5.41, 5.74) is 2.58. The van der Waals surface area contributed by atoms with Gasteiger partial charge in [-0.2, -0.15) is 0 Å². The van der Waals surface area contributed by atoms with Gasteiger partial charge in [0.15, 0.2) is 0 Å². The Morgan fingerprint density at radius 1 is 1.19 bits per heavy atom. The lowest BCUT2D eigenvalue weighted by atomic mass is 9.96. The third kappa shape index (κ3) is 6.52. The van der Waals surface area contributed by atoms with E-state index in [9.17, 15) is 4.79 Å². The summed E-state index contributed by atoms with van der Waals surface area (Å²) in [6.07, 6.45) is 10.9. The highest BCUT2D eigenvalue weighted by molar-refractivity contribution is 7.10. The number of nitrogens with one attached hydrogen (secondary N) is 1. The van der Waals surface area contributed by atoms with Gasteiger partial charge in [-0.1, -0.05) is 30.7 Å². The summed E-state index contributed by atoms with van der Waals surface area (Å²) in [6, 6.07) is 16.9. The van der Waals surface area contributed by atoms with E-state index >= 15 is 0 Å². The molecule has 1 unspecified atom stereocenters. The second kappa shape index (κ2) is 11.6. The zero-order valence-corrected chi connectivity index (χ0v) is 19.0. The molecule has 3 heterocycles. The first-order chi connectivity index (χ1) is 15.8. The molecule has 1 amide bonds. The average Bonchev–Trinajstić information content (AvgIpc) is 3.36. The maximum atomic E-state index is 11.9. The Balaban J connectivity index is 1.22. The Hall–Kier alpha value is -2.96. The molecule has 5 nitrogen and oxygen atoms in total. The van der Waals surface area contributed by atoms with Crippen LogP contribution in [-0.2, 0) is 11.3 Å². The fourth-order valence-corrected chi connectivity index (χ4v) is 4.62. The molecule has 0 aliphatic carbocycles. The molecule has 1 fully saturated rings. The number of rotatable bonds is 9. The average molecular weight is 448 g/mol. The highest BCUT2D eigenvalue weighted by Crippen LogP contribution is 2.31. The molecule has 0 radical (unpaired) electrons. The summed E-state index contributed by atoms with van der Waals surface area (Å²) < 4.78 is 5.78. The van der Waals surface area contributed by atoms with Crippen molar-refractivity contribution in [2.45, 2.75) is 31.8 Å². The van der Waals surface area contributed by atoms with Crippen LogP contribution >= 0.6 is 11.3 Å². The lowest BCUT2D eigenvalue weighted by Crippen LogP contribution is -2.32. The maximum absolute atomic E-state index is 11.9. The van der Waals surface area contributed by atoms with E-state index in [0.717, 1.165) is 23.7 Å². The Bertz CT molecular complexity index is 988. The molecule has 2 aromatic heterocycles. The minimum Gasteiger partial charge on any atom is -0.492 e. The Morgan fingerprint density at radius 2 is 2.09 bits per heavy atom. The molecule has 0 spiro atoms. The van der Waals surface area contributed by atoms with Gasteiger partial charge in [-0.3, -0.25) is 14.7 Å². The zero-order valence-electron chi connectivity index (χ0n) is 18.2. The van der Waals surface area contributed by atoms with E-state index in [-0.39, 0.29) is 5.91 Å². The van der Waals surface area contributed by atoms with Gasteiger partial charge in [0, 0.05) is 35.9 Å². The summed E-state index contributed by atoms with van der Waals surface area (Å²) in [4.78, 5) is 19.8. The minimum atomic E-state index is -0.109. The van der Waals surface area contributed by atoms with Crippen molar-refractivity contribution in [1.82, 2.24) is 15.2 Å². The van der Waals surface area contributed by atoms with Crippen molar-refractivity contribution in [1.29, 1.82) is 0 Å². The monoisotopic (exact) mass is 447 g/mol. The van der Waals surface area contributed by atoms with Crippen LogP contribution in [0.4, 0.5) is 0 Å². The Morgan fingerprint density at radius 3 is 2.88 bits per heavy atom. The van der Waals surface area contributed by atoms with E-state index in [4.69, 9.17) is 4.74 Å². The van der Waals surface area contributed by atoms with E-state index in [1.165, 1.54) is 30.4 Å². The van der Waals surface area contributed by atoms with Crippen LogP contribution in [0.1, 0.15) is 41.3 Å². The minimum absolute atomic E-state index is 0.109. The second-order valence-electron chi connectivity index (χ2n) is 7.90. The van der Waals surface area contributed by atoms with E-state index in [1.54, 1.807) is 17.4 Å². The van der Waals surface area contributed by atoms with Crippen molar-refractivity contribution in [2.75, 3.05) is 19.7 Å². The molecule has 166 valence electrons. The number of carbonyl (C=O) groups excluding carboxylic acids is 1. The summed E-state index contributed by atoms with van der Waals surface area (Å²) in [6.45, 7) is 2.94. The summed E-state index contributed by atoms with van der Waals surface area (Å²) >= 11 is 1.60. The molecular weight excluding hydrogens is 418 g/mol. The van der Waals surface area contributed by atoms with Gasteiger partial charge >= 0.3 is 0 Å². The third-order valence-corrected chi connectivity index (χ3v) is 6.44. The van der Waals surface area contributed by atoms with E-state index in [2.05, 4.69) is 33.4 Å². The first-order valence-corrected chi connectivity index (χ1v) is 12.0. The van der Waals surface area contributed by atoms with E-state index in [0.29, 0.717) is 19.2 Å².